The van der Waals surface area contributed by atoms with E-state index in [-0.39, 0.29) is 5.43 Å². The molecule has 3 rings (SSSR count). The topological polar surface area (TPSA) is 43.3 Å². The second kappa shape index (κ2) is 4.54. The molecular formula is C14H15ClN2O2. The zero-order valence-electron chi connectivity index (χ0n) is 10.9. The lowest BCUT2D eigenvalue weighted by atomic mass is 10.0. The summed E-state index contributed by atoms with van der Waals surface area (Å²) in [4.78, 5) is 12.6. The molecule has 1 aliphatic rings. The van der Waals surface area contributed by atoms with E-state index in [2.05, 4.69) is 5.32 Å². The van der Waals surface area contributed by atoms with Crippen LogP contribution in [0.1, 0.15) is 11.3 Å². The van der Waals surface area contributed by atoms with Gasteiger partial charge in [-0.15, -0.1) is 0 Å². The summed E-state index contributed by atoms with van der Waals surface area (Å²) in [7, 11) is 3.57. The minimum atomic E-state index is 0.0131. The van der Waals surface area contributed by atoms with Gasteiger partial charge in [0.05, 0.1) is 23.0 Å². The molecular weight excluding hydrogens is 264 g/mol. The highest BCUT2D eigenvalue weighted by molar-refractivity contribution is 6.35. The Morgan fingerprint density at radius 2 is 2.21 bits per heavy atom. The molecule has 0 amide bonds. The molecule has 19 heavy (non-hydrogen) atoms. The van der Waals surface area contributed by atoms with Gasteiger partial charge in [0.15, 0.2) is 5.43 Å². The Hall–Kier alpha value is -1.52. The molecule has 0 fully saturated rings. The number of ether oxygens (including phenoxy) is 1. The van der Waals surface area contributed by atoms with Crippen molar-refractivity contribution in [1.82, 2.24) is 9.88 Å². The van der Waals surface area contributed by atoms with Crippen LogP contribution in [0.3, 0.4) is 0 Å². The molecule has 0 radical (unpaired) electrons. The SMILES string of the molecule is COc1ccc(Cl)c2c(=O)c3c(n(C)c12)CCNC3. The molecule has 0 aliphatic carbocycles. The van der Waals surface area contributed by atoms with Crippen LogP contribution in [-0.2, 0) is 20.0 Å². The van der Waals surface area contributed by atoms with Crippen molar-refractivity contribution in [3.05, 3.63) is 38.6 Å². The third-order valence-corrected chi connectivity index (χ3v) is 4.06. The van der Waals surface area contributed by atoms with E-state index in [9.17, 15) is 4.79 Å². The highest BCUT2D eigenvalue weighted by Gasteiger charge is 2.21. The number of aromatic nitrogens is 1. The van der Waals surface area contributed by atoms with Gasteiger partial charge in [0, 0.05) is 37.8 Å². The summed E-state index contributed by atoms with van der Waals surface area (Å²) in [6.45, 7) is 1.49. The summed E-state index contributed by atoms with van der Waals surface area (Å²) in [5.74, 6) is 0.681. The van der Waals surface area contributed by atoms with Crippen LogP contribution in [0, 0.1) is 0 Å². The average molecular weight is 279 g/mol. The van der Waals surface area contributed by atoms with Crippen molar-refractivity contribution in [3.8, 4) is 5.75 Å². The molecule has 0 bridgehead atoms. The third-order valence-electron chi connectivity index (χ3n) is 3.74. The quantitative estimate of drug-likeness (QED) is 0.866. The highest BCUT2D eigenvalue weighted by atomic mass is 35.5. The molecule has 0 saturated heterocycles. The van der Waals surface area contributed by atoms with E-state index < -0.39 is 0 Å². The van der Waals surface area contributed by atoms with Gasteiger partial charge in [-0.3, -0.25) is 4.79 Å². The third kappa shape index (κ3) is 1.75. The Labute approximate surface area is 115 Å². The van der Waals surface area contributed by atoms with Crippen molar-refractivity contribution in [2.45, 2.75) is 13.0 Å². The summed E-state index contributed by atoms with van der Waals surface area (Å²) in [6.07, 6.45) is 0.840. The maximum absolute atomic E-state index is 12.6. The molecule has 0 saturated carbocycles. The first-order valence-electron chi connectivity index (χ1n) is 6.22. The number of hydrogen-bond donors (Lipinski definition) is 1. The van der Waals surface area contributed by atoms with Crippen LogP contribution in [0.25, 0.3) is 10.9 Å². The number of nitrogens with one attached hydrogen (secondary N) is 1. The standard InChI is InChI=1S/C14H15ClN2O2/c1-17-10-5-6-16-7-8(10)14(18)12-9(15)3-4-11(19-2)13(12)17/h3-4,16H,5-7H2,1-2H3. The molecule has 1 N–H and O–H groups in total. The lowest BCUT2D eigenvalue weighted by Crippen LogP contribution is -2.32. The molecule has 5 heteroatoms. The number of halogens is 1. The number of fused-ring (bicyclic) bond motifs is 2. The Balaban J connectivity index is 2.53. The predicted octanol–water partition coefficient (Wildman–Crippen LogP) is 1.85. The van der Waals surface area contributed by atoms with Crippen LogP contribution >= 0.6 is 11.6 Å². The molecule has 2 aromatic rings. The first kappa shape index (κ1) is 12.5. The van der Waals surface area contributed by atoms with Crippen molar-refractivity contribution in [3.63, 3.8) is 0 Å². The van der Waals surface area contributed by atoms with Crippen molar-refractivity contribution in [2.24, 2.45) is 7.05 Å². The summed E-state index contributed by atoms with van der Waals surface area (Å²) in [5.41, 5.74) is 2.67. The highest BCUT2D eigenvalue weighted by Crippen LogP contribution is 2.31. The van der Waals surface area contributed by atoms with Crippen LogP contribution in [0.5, 0.6) is 5.75 Å². The summed E-state index contributed by atoms with van der Waals surface area (Å²) >= 11 is 6.22. The maximum atomic E-state index is 12.6. The van der Waals surface area contributed by atoms with E-state index >= 15 is 0 Å². The number of hydrogen-bond acceptors (Lipinski definition) is 3. The van der Waals surface area contributed by atoms with Gasteiger partial charge in [-0.05, 0) is 12.1 Å². The zero-order chi connectivity index (χ0) is 13.6. The van der Waals surface area contributed by atoms with Crippen LogP contribution in [0.4, 0.5) is 0 Å². The number of methoxy groups -OCH3 is 1. The average Bonchev–Trinajstić information content (AvgIpc) is 2.44. The van der Waals surface area contributed by atoms with E-state index in [0.717, 1.165) is 29.7 Å². The van der Waals surface area contributed by atoms with Crippen LogP contribution in [0.15, 0.2) is 16.9 Å². The molecule has 4 nitrogen and oxygen atoms in total. The smallest absolute Gasteiger partial charge is 0.195 e. The molecule has 0 atom stereocenters. The van der Waals surface area contributed by atoms with E-state index in [1.54, 1.807) is 19.2 Å². The van der Waals surface area contributed by atoms with Gasteiger partial charge >= 0.3 is 0 Å². The Morgan fingerprint density at radius 1 is 1.42 bits per heavy atom. The number of rotatable bonds is 1. The molecule has 1 aliphatic heterocycles. The van der Waals surface area contributed by atoms with Gasteiger partial charge in [-0.1, -0.05) is 11.6 Å². The molecule has 0 spiro atoms. The van der Waals surface area contributed by atoms with Gasteiger partial charge in [-0.25, -0.2) is 0 Å². The molecule has 0 unspecified atom stereocenters. The van der Waals surface area contributed by atoms with Gasteiger partial charge < -0.3 is 14.6 Å². The second-order valence-electron chi connectivity index (χ2n) is 4.71. The van der Waals surface area contributed by atoms with Crippen LogP contribution < -0.4 is 15.5 Å². The number of nitrogens with zero attached hydrogens (tertiary/aromatic N) is 1. The molecule has 1 aromatic heterocycles. The second-order valence-corrected chi connectivity index (χ2v) is 5.12. The van der Waals surface area contributed by atoms with Crippen molar-refractivity contribution in [1.29, 1.82) is 0 Å². The Kier molecular flexibility index (Phi) is 2.99. The Morgan fingerprint density at radius 3 is 2.95 bits per heavy atom. The van der Waals surface area contributed by atoms with E-state index in [1.165, 1.54) is 0 Å². The van der Waals surface area contributed by atoms with Crippen LogP contribution in [0.2, 0.25) is 5.02 Å². The zero-order valence-corrected chi connectivity index (χ0v) is 11.7. The monoisotopic (exact) mass is 278 g/mol. The van der Waals surface area contributed by atoms with Crippen molar-refractivity contribution >= 4 is 22.5 Å². The summed E-state index contributed by atoms with van der Waals surface area (Å²) < 4.78 is 7.41. The molecule has 1 aromatic carbocycles. The van der Waals surface area contributed by atoms with Crippen molar-refractivity contribution < 1.29 is 4.74 Å². The summed E-state index contributed by atoms with van der Waals surface area (Å²) in [5, 5.41) is 4.26. The maximum Gasteiger partial charge on any atom is 0.195 e. The van der Waals surface area contributed by atoms with E-state index in [1.807, 2.05) is 11.6 Å². The summed E-state index contributed by atoms with van der Waals surface area (Å²) in [6, 6.07) is 3.52. The van der Waals surface area contributed by atoms with Gasteiger partial charge in [0.25, 0.3) is 0 Å². The normalized spacial score (nSPS) is 14.5. The minimum absolute atomic E-state index is 0.0131. The fourth-order valence-corrected chi connectivity index (χ4v) is 3.04. The van der Waals surface area contributed by atoms with Gasteiger partial charge in [-0.2, -0.15) is 0 Å². The fourth-order valence-electron chi connectivity index (χ4n) is 2.80. The number of aryl methyl sites for hydroxylation is 1. The lowest BCUT2D eigenvalue weighted by molar-refractivity contribution is 0.417. The van der Waals surface area contributed by atoms with Crippen molar-refractivity contribution in [2.75, 3.05) is 13.7 Å². The Bertz CT molecular complexity index is 722. The molecule has 2 heterocycles. The lowest BCUT2D eigenvalue weighted by Gasteiger charge is -2.23. The first-order chi connectivity index (χ1) is 9.15. The van der Waals surface area contributed by atoms with E-state index in [4.69, 9.17) is 16.3 Å². The largest absolute Gasteiger partial charge is 0.495 e. The van der Waals surface area contributed by atoms with Gasteiger partial charge in [0.2, 0.25) is 0 Å². The van der Waals surface area contributed by atoms with E-state index in [0.29, 0.717) is 22.7 Å². The fraction of sp³-hybridized carbons (Fsp3) is 0.357. The first-order valence-corrected chi connectivity index (χ1v) is 6.60. The van der Waals surface area contributed by atoms with Gasteiger partial charge in [0.1, 0.15) is 5.75 Å². The predicted molar refractivity (Wildman–Crippen MR) is 76.2 cm³/mol. The number of benzene rings is 1. The number of pyridine rings is 1. The van der Waals surface area contributed by atoms with Crippen LogP contribution in [-0.4, -0.2) is 18.2 Å². The molecule has 100 valence electrons. The minimum Gasteiger partial charge on any atom is -0.495 e.